The molecular weight excluding hydrogens is 608 g/mol. The van der Waals surface area contributed by atoms with Crippen molar-refractivity contribution in [1.29, 1.82) is 0 Å². The zero-order chi connectivity index (χ0) is 33.5. The van der Waals surface area contributed by atoms with E-state index in [2.05, 4.69) is 62.2 Å². The van der Waals surface area contributed by atoms with Gasteiger partial charge in [0.1, 0.15) is 5.69 Å². The second-order valence-electron chi connectivity index (χ2n) is 11.5. The van der Waals surface area contributed by atoms with E-state index >= 15 is 0 Å². The van der Waals surface area contributed by atoms with Gasteiger partial charge in [0, 0.05) is 25.2 Å². The van der Waals surface area contributed by atoms with Gasteiger partial charge in [-0.3, -0.25) is 9.69 Å². The smallest absolute Gasteiger partial charge is 0.255 e. The first-order valence-corrected chi connectivity index (χ1v) is 15.8. The molecule has 11 nitrogen and oxygen atoms in total. The highest BCUT2D eigenvalue weighted by molar-refractivity contribution is 6.06. The second-order valence-corrected chi connectivity index (χ2v) is 11.5. The van der Waals surface area contributed by atoms with Gasteiger partial charge >= 0.3 is 0 Å². The number of ether oxygens (including phenoxy) is 4. The van der Waals surface area contributed by atoms with Crippen molar-refractivity contribution in [2.45, 2.75) is 25.9 Å². The molecule has 1 aliphatic rings. The summed E-state index contributed by atoms with van der Waals surface area (Å²) in [5.41, 5.74) is 7.47. The molecule has 6 rings (SSSR count). The van der Waals surface area contributed by atoms with E-state index in [4.69, 9.17) is 18.9 Å². The first-order chi connectivity index (χ1) is 23.5. The zero-order valence-corrected chi connectivity index (χ0v) is 27.7. The fourth-order valence-electron chi connectivity index (χ4n) is 5.84. The van der Waals surface area contributed by atoms with E-state index in [9.17, 15) is 4.79 Å². The van der Waals surface area contributed by atoms with Crippen molar-refractivity contribution in [2.24, 2.45) is 0 Å². The van der Waals surface area contributed by atoms with Gasteiger partial charge in [0.15, 0.2) is 23.0 Å². The minimum atomic E-state index is -0.262. The average Bonchev–Trinajstić information content (AvgIpc) is 3.61. The molecule has 0 aliphatic carbocycles. The predicted octanol–water partition coefficient (Wildman–Crippen LogP) is 5.77. The summed E-state index contributed by atoms with van der Waals surface area (Å²) in [5.74, 6) is 2.36. The molecule has 0 fully saturated rings. The van der Waals surface area contributed by atoms with Crippen LogP contribution in [0.1, 0.15) is 32.7 Å². The van der Waals surface area contributed by atoms with Crippen molar-refractivity contribution in [3.05, 3.63) is 113 Å². The summed E-state index contributed by atoms with van der Waals surface area (Å²) >= 11 is 0. The van der Waals surface area contributed by atoms with Gasteiger partial charge < -0.3 is 29.6 Å². The SMILES string of the molecule is COc1ccc(C(=O)Nc2ccccc2NCc2cn(-c3ccc(CCN4CCc5cc(OC)c(OC)cc5C4)cc3)nn2)cc1OC. The number of para-hydroxylation sites is 2. The fraction of sp³-hybridized carbons (Fsp3) is 0.270. The minimum Gasteiger partial charge on any atom is -0.493 e. The van der Waals surface area contributed by atoms with Crippen LogP contribution in [0.3, 0.4) is 0 Å². The van der Waals surface area contributed by atoms with Crippen LogP contribution in [0.2, 0.25) is 0 Å². The van der Waals surface area contributed by atoms with E-state index < -0.39 is 0 Å². The molecule has 0 radical (unpaired) electrons. The molecule has 1 amide bonds. The first-order valence-electron chi connectivity index (χ1n) is 15.8. The Hall–Kier alpha value is -5.55. The lowest BCUT2D eigenvalue weighted by Gasteiger charge is -2.29. The van der Waals surface area contributed by atoms with E-state index in [1.54, 1.807) is 44.2 Å². The third kappa shape index (κ3) is 7.37. The topological polar surface area (TPSA) is 112 Å². The van der Waals surface area contributed by atoms with E-state index in [1.807, 2.05) is 30.5 Å². The van der Waals surface area contributed by atoms with Crippen molar-refractivity contribution in [2.75, 3.05) is 52.2 Å². The van der Waals surface area contributed by atoms with Crippen LogP contribution < -0.4 is 29.6 Å². The molecule has 2 N–H and O–H groups in total. The van der Waals surface area contributed by atoms with Crippen LogP contribution in [-0.4, -0.2) is 67.3 Å². The maximum atomic E-state index is 13.0. The molecule has 2 heterocycles. The molecule has 4 aromatic carbocycles. The standard InChI is InChI=1S/C37H40N6O5/c1-45-33-14-11-27(20-34(33)46-2)37(44)39-32-8-6-5-7-31(32)38-22-29-24-43(41-40-29)30-12-9-25(10-13-30)15-17-42-18-16-26-19-35(47-3)36(48-4)21-28(26)23-42/h5-14,19-21,24,38H,15-18,22-23H2,1-4H3,(H,39,44). The van der Waals surface area contributed by atoms with Crippen LogP contribution >= 0.6 is 0 Å². The number of nitrogens with zero attached hydrogens (tertiary/aromatic N) is 4. The maximum Gasteiger partial charge on any atom is 0.255 e. The highest BCUT2D eigenvalue weighted by Gasteiger charge is 2.19. The van der Waals surface area contributed by atoms with Crippen molar-refractivity contribution in [3.63, 3.8) is 0 Å². The molecule has 0 atom stereocenters. The summed E-state index contributed by atoms with van der Waals surface area (Å²) in [7, 11) is 6.46. The molecule has 48 heavy (non-hydrogen) atoms. The predicted molar refractivity (Wildman–Crippen MR) is 185 cm³/mol. The highest BCUT2D eigenvalue weighted by Crippen LogP contribution is 2.33. The second kappa shape index (κ2) is 14.9. The summed E-state index contributed by atoms with van der Waals surface area (Å²) in [4.78, 5) is 15.5. The molecule has 0 spiro atoms. The molecule has 1 aromatic heterocycles. The number of rotatable bonds is 13. The first kappa shape index (κ1) is 32.4. The van der Waals surface area contributed by atoms with E-state index in [-0.39, 0.29) is 5.91 Å². The van der Waals surface area contributed by atoms with Gasteiger partial charge in [-0.25, -0.2) is 4.68 Å². The fourth-order valence-corrected chi connectivity index (χ4v) is 5.84. The lowest BCUT2D eigenvalue weighted by atomic mass is 9.98. The summed E-state index contributed by atoms with van der Waals surface area (Å²) in [6.45, 7) is 3.32. The van der Waals surface area contributed by atoms with Crippen molar-refractivity contribution in [1.82, 2.24) is 19.9 Å². The number of aromatic nitrogens is 3. The molecule has 5 aromatic rings. The number of carbonyl (C=O) groups excluding carboxylic acids is 1. The number of benzene rings is 4. The number of hydrogen-bond acceptors (Lipinski definition) is 9. The Balaban J connectivity index is 1.02. The van der Waals surface area contributed by atoms with Gasteiger partial charge in [-0.1, -0.05) is 29.5 Å². The van der Waals surface area contributed by atoms with Gasteiger partial charge in [0.25, 0.3) is 5.91 Å². The molecule has 248 valence electrons. The number of carbonyl (C=O) groups is 1. The molecular formula is C37H40N6O5. The van der Waals surface area contributed by atoms with Gasteiger partial charge in [-0.15, -0.1) is 5.10 Å². The maximum absolute atomic E-state index is 13.0. The van der Waals surface area contributed by atoms with Crippen LogP contribution in [0, 0.1) is 0 Å². The Morgan fingerprint density at radius 3 is 2.21 bits per heavy atom. The van der Waals surface area contributed by atoms with Crippen molar-refractivity contribution >= 4 is 17.3 Å². The number of hydrogen-bond donors (Lipinski definition) is 2. The van der Waals surface area contributed by atoms with Crippen LogP contribution in [0.5, 0.6) is 23.0 Å². The lowest BCUT2D eigenvalue weighted by molar-refractivity contribution is 0.102. The normalized spacial score (nSPS) is 12.6. The molecule has 0 unspecified atom stereocenters. The summed E-state index contributed by atoms with van der Waals surface area (Å²) < 4.78 is 23.4. The molecule has 0 saturated heterocycles. The zero-order valence-electron chi connectivity index (χ0n) is 27.7. The quantitative estimate of drug-likeness (QED) is 0.164. The Labute approximate surface area is 280 Å². The highest BCUT2D eigenvalue weighted by atomic mass is 16.5. The van der Waals surface area contributed by atoms with Crippen molar-refractivity contribution in [3.8, 4) is 28.7 Å². The monoisotopic (exact) mass is 648 g/mol. The number of nitrogens with one attached hydrogen (secondary N) is 2. The molecule has 11 heteroatoms. The summed E-state index contributed by atoms with van der Waals surface area (Å²) in [5, 5.41) is 15.1. The van der Waals surface area contributed by atoms with E-state index in [0.717, 1.165) is 61.0 Å². The van der Waals surface area contributed by atoms with Crippen LogP contribution in [0.15, 0.2) is 85.1 Å². The Morgan fingerprint density at radius 2 is 1.48 bits per heavy atom. The van der Waals surface area contributed by atoms with Crippen LogP contribution in [-0.2, 0) is 25.9 Å². The summed E-state index contributed by atoms with van der Waals surface area (Å²) in [6, 6.07) is 25.2. The number of anilines is 2. The largest absolute Gasteiger partial charge is 0.493 e. The van der Waals surface area contributed by atoms with Crippen molar-refractivity contribution < 1.29 is 23.7 Å². The number of methoxy groups -OCH3 is 4. The Bertz CT molecular complexity index is 1870. The lowest BCUT2D eigenvalue weighted by Crippen LogP contribution is -2.32. The molecule has 1 aliphatic heterocycles. The average molecular weight is 649 g/mol. The van der Waals surface area contributed by atoms with Gasteiger partial charge in [-0.05, 0) is 84.1 Å². The van der Waals surface area contributed by atoms with Crippen LogP contribution in [0.4, 0.5) is 11.4 Å². The van der Waals surface area contributed by atoms with Gasteiger partial charge in [-0.2, -0.15) is 0 Å². The number of amides is 1. The summed E-state index contributed by atoms with van der Waals surface area (Å²) in [6.07, 6.45) is 3.86. The third-order valence-electron chi connectivity index (χ3n) is 8.54. The molecule has 0 saturated carbocycles. The number of fused-ring (bicyclic) bond motifs is 1. The van der Waals surface area contributed by atoms with Crippen LogP contribution in [0.25, 0.3) is 5.69 Å². The third-order valence-corrected chi connectivity index (χ3v) is 8.54. The molecule has 0 bridgehead atoms. The van der Waals surface area contributed by atoms with Gasteiger partial charge in [0.2, 0.25) is 0 Å². The Morgan fingerprint density at radius 1 is 0.792 bits per heavy atom. The van der Waals surface area contributed by atoms with Gasteiger partial charge in [0.05, 0.1) is 58.2 Å². The Kier molecular flexibility index (Phi) is 10.1. The minimum absolute atomic E-state index is 0.262. The van der Waals surface area contributed by atoms with E-state index in [1.165, 1.54) is 23.8 Å². The van der Waals surface area contributed by atoms with E-state index in [0.29, 0.717) is 29.3 Å².